The van der Waals surface area contributed by atoms with Gasteiger partial charge in [0, 0.05) is 17.5 Å². The molecule has 0 aliphatic carbocycles. The Morgan fingerprint density at radius 2 is 1.68 bits per heavy atom. The SMILES string of the molecule is CNC(c1cc(F)ccc1F)C(C)c1ccccc1. The van der Waals surface area contributed by atoms with E-state index in [1.54, 1.807) is 7.05 Å². The van der Waals surface area contributed by atoms with Gasteiger partial charge in [0.25, 0.3) is 0 Å². The van der Waals surface area contributed by atoms with Gasteiger partial charge in [-0.3, -0.25) is 0 Å². The first kappa shape index (κ1) is 13.7. The molecule has 2 aromatic carbocycles. The van der Waals surface area contributed by atoms with E-state index in [0.717, 1.165) is 11.6 Å². The molecule has 0 heterocycles. The van der Waals surface area contributed by atoms with Crippen LogP contribution in [0.4, 0.5) is 8.78 Å². The fraction of sp³-hybridized carbons (Fsp3) is 0.250. The summed E-state index contributed by atoms with van der Waals surface area (Å²) in [5, 5.41) is 3.08. The maximum Gasteiger partial charge on any atom is 0.128 e. The molecule has 0 amide bonds. The van der Waals surface area contributed by atoms with Gasteiger partial charge in [0.2, 0.25) is 0 Å². The highest BCUT2D eigenvalue weighted by atomic mass is 19.1. The highest BCUT2D eigenvalue weighted by Crippen LogP contribution is 2.31. The Morgan fingerprint density at radius 1 is 1.00 bits per heavy atom. The summed E-state index contributed by atoms with van der Waals surface area (Å²) in [5.41, 5.74) is 1.45. The Balaban J connectivity index is 2.37. The van der Waals surface area contributed by atoms with Crippen molar-refractivity contribution in [2.45, 2.75) is 18.9 Å². The monoisotopic (exact) mass is 261 g/mol. The predicted molar refractivity (Wildman–Crippen MR) is 73.0 cm³/mol. The highest BCUT2D eigenvalue weighted by molar-refractivity contribution is 5.29. The van der Waals surface area contributed by atoms with E-state index in [0.29, 0.717) is 5.56 Å². The second kappa shape index (κ2) is 5.93. The zero-order valence-electron chi connectivity index (χ0n) is 11.0. The minimum atomic E-state index is -0.420. The van der Waals surface area contributed by atoms with Crippen LogP contribution in [0, 0.1) is 11.6 Å². The van der Waals surface area contributed by atoms with Crippen molar-refractivity contribution in [1.29, 1.82) is 0 Å². The van der Waals surface area contributed by atoms with E-state index in [1.165, 1.54) is 12.1 Å². The molecule has 100 valence electrons. The lowest BCUT2D eigenvalue weighted by molar-refractivity contribution is 0.472. The topological polar surface area (TPSA) is 12.0 Å². The second-order valence-electron chi connectivity index (χ2n) is 4.63. The van der Waals surface area contributed by atoms with Crippen molar-refractivity contribution in [3.63, 3.8) is 0 Å². The van der Waals surface area contributed by atoms with E-state index in [2.05, 4.69) is 5.32 Å². The molecule has 2 rings (SSSR count). The number of benzene rings is 2. The summed E-state index contributed by atoms with van der Waals surface area (Å²) < 4.78 is 27.2. The van der Waals surface area contributed by atoms with Crippen LogP contribution in [0.2, 0.25) is 0 Å². The van der Waals surface area contributed by atoms with Crippen molar-refractivity contribution >= 4 is 0 Å². The van der Waals surface area contributed by atoms with Gasteiger partial charge in [0.15, 0.2) is 0 Å². The third-order valence-electron chi connectivity index (χ3n) is 3.43. The van der Waals surface area contributed by atoms with Gasteiger partial charge in [-0.05, 0) is 30.8 Å². The Labute approximate surface area is 112 Å². The molecular weight excluding hydrogens is 244 g/mol. The van der Waals surface area contributed by atoms with E-state index in [4.69, 9.17) is 0 Å². The normalized spacial score (nSPS) is 14.1. The van der Waals surface area contributed by atoms with Crippen LogP contribution in [0.25, 0.3) is 0 Å². The zero-order chi connectivity index (χ0) is 13.8. The smallest absolute Gasteiger partial charge is 0.128 e. The van der Waals surface area contributed by atoms with Gasteiger partial charge in [0.05, 0.1) is 0 Å². The minimum Gasteiger partial charge on any atom is -0.312 e. The Hall–Kier alpha value is -1.74. The summed E-state index contributed by atoms with van der Waals surface area (Å²) in [6.07, 6.45) is 0. The Bertz CT molecular complexity index is 540. The molecule has 3 heteroatoms. The van der Waals surface area contributed by atoms with Gasteiger partial charge >= 0.3 is 0 Å². The van der Waals surface area contributed by atoms with Crippen LogP contribution in [-0.2, 0) is 0 Å². The van der Waals surface area contributed by atoms with Crippen molar-refractivity contribution in [3.05, 3.63) is 71.3 Å². The molecule has 0 aromatic heterocycles. The maximum absolute atomic E-state index is 13.9. The van der Waals surface area contributed by atoms with Gasteiger partial charge in [-0.15, -0.1) is 0 Å². The summed E-state index contributed by atoms with van der Waals surface area (Å²) in [6.45, 7) is 2.00. The summed E-state index contributed by atoms with van der Waals surface area (Å²) >= 11 is 0. The van der Waals surface area contributed by atoms with Crippen LogP contribution in [0.1, 0.15) is 30.0 Å². The molecule has 0 aliphatic rings. The molecule has 1 nitrogen and oxygen atoms in total. The molecule has 0 bridgehead atoms. The van der Waals surface area contributed by atoms with Crippen LogP contribution >= 0.6 is 0 Å². The number of hydrogen-bond donors (Lipinski definition) is 1. The van der Waals surface area contributed by atoms with Crippen molar-refractivity contribution < 1.29 is 8.78 Å². The van der Waals surface area contributed by atoms with E-state index in [-0.39, 0.29) is 17.8 Å². The van der Waals surface area contributed by atoms with Crippen molar-refractivity contribution in [1.82, 2.24) is 5.32 Å². The molecule has 2 atom stereocenters. The number of likely N-dealkylation sites (N-methyl/N-ethyl adjacent to an activating group) is 1. The van der Waals surface area contributed by atoms with Gasteiger partial charge < -0.3 is 5.32 Å². The second-order valence-corrected chi connectivity index (χ2v) is 4.63. The van der Waals surface area contributed by atoms with E-state index >= 15 is 0 Å². The molecule has 1 N–H and O–H groups in total. The number of rotatable bonds is 4. The van der Waals surface area contributed by atoms with Gasteiger partial charge in [0.1, 0.15) is 11.6 Å². The van der Waals surface area contributed by atoms with Gasteiger partial charge in [-0.1, -0.05) is 37.3 Å². The predicted octanol–water partition coefficient (Wildman–Crippen LogP) is 4.03. The van der Waals surface area contributed by atoms with E-state index < -0.39 is 5.82 Å². The fourth-order valence-electron chi connectivity index (χ4n) is 2.38. The Morgan fingerprint density at radius 3 is 2.32 bits per heavy atom. The highest BCUT2D eigenvalue weighted by Gasteiger charge is 2.22. The quantitative estimate of drug-likeness (QED) is 0.876. The molecule has 0 radical (unpaired) electrons. The third-order valence-corrected chi connectivity index (χ3v) is 3.43. The number of nitrogens with one attached hydrogen (secondary N) is 1. The summed E-state index contributed by atoms with van der Waals surface area (Å²) in [4.78, 5) is 0. The van der Waals surface area contributed by atoms with E-state index in [1.807, 2.05) is 37.3 Å². The largest absolute Gasteiger partial charge is 0.312 e. The van der Waals surface area contributed by atoms with Crippen molar-refractivity contribution in [2.24, 2.45) is 0 Å². The molecule has 19 heavy (non-hydrogen) atoms. The van der Waals surface area contributed by atoms with Crippen LogP contribution in [0.5, 0.6) is 0 Å². The lowest BCUT2D eigenvalue weighted by atomic mass is 9.88. The van der Waals surface area contributed by atoms with Crippen LogP contribution in [0.15, 0.2) is 48.5 Å². The first-order valence-electron chi connectivity index (χ1n) is 6.30. The average Bonchev–Trinajstić information content (AvgIpc) is 2.44. The summed E-state index contributed by atoms with van der Waals surface area (Å²) in [7, 11) is 1.76. The van der Waals surface area contributed by atoms with Crippen LogP contribution in [-0.4, -0.2) is 7.05 Å². The molecule has 0 saturated carbocycles. The summed E-state index contributed by atoms with van der Waals surface area (Å²) in [5.74, 6) is -0.761. The first-order chi connectivity index (χ1) is 9.13. The Kier molecular flexibility index (Phi) is 4.27. The minimum absolute atomic E-state index is 0.0440. The standard InChI is InChI=1S/C16H17F2N/c1-11(12-6-4-3-5-7-12)16(19-2)14-10-13(17)8-9-15(14)18/h3-11,16,19H,1-2H3. The molecule has 0 fully saturated rings. The lowest BCUT2D eigenvalue weighted by Crippen LogP contribution is -2.23. The maximum atomic E-state index is 13.9. The van der Waals surface area contributed by atoms with Crippen molar-refractivity contribution in [2.75, 3.05) is 7.05 Å². The molecule has 0 saturated heterocycles. The molecule has 2 unspecified atom stereocenters. The number of hydrogen-bond acceptors (Lipinski definition) is 1. The molecular formula is C16H17F2N. The number of halogens is 2. The van der Waals surface area contributed by atoms with Gasteiger partial charge in [-0.25, -0.2) is 8.78 Å². The van der Waals surface area contributed by atoms with Crippen LogP contribution < -0.4 is 5.32 Å². The molecule has 0 aliphatic heterocycles. The zero-order valence-corrected chi connectivity index (χ0v) is 11.0. The van der Waals surface area contributed by atoms with Crippen LogP contribution in [0.3, 0.4) is 0 Å². The third kappa shape index (κ3) is 2.99. The fourth-order valence-corrected chi connectivity index (χ4v) is 2.38. The summed E-state index contributed by atoms with van der Waals surface area (Å²) in [6, 6.07) is 13.1. The average molecular weight is 261 g/mol. The lowest BCUT2D eigenvalue weighted by Gasteiger charge is -2.25. The molecule has 0 spiro atoms. The first-order valence-corrected chi connectivity index (χ1v) is 6.30. The molecule has 2 aromatic rings. The van der Waals surface area contributed by atoms with Crippen molar-refractivity contribution in [3.8, 4) is 0 Å². The van der Waals surface area contributed by atoms with E-state index in [9.17, 15) is 8.78 Å². The van der Waals surface area contributed by atoms with Gasteiger partial charge in [-0.2, -0.15) is 0 Å².